The normalized spacial score (nSPS) is 18.9. The summed E-state index contributed by atoms with van der Waals surface area (Å²) in [7, 11) is 0. The second-order valence-corrected chi connectivity index (χ2v) is 4.91. The minimum atomic E-state index is -0.933. The Morgan fingerprint density at radius 2 is 2.20 bits per heavy atom. The Morgan fingerprint density at radius 1 is 1.45 bits per heavy atom. The van der Waals surface area contributed by atoms with E-state index < -0.39 is 12.0 Å². The van der Waals surface area contributed by atoms with E-state index in [1.165, 1.54) is 0 Å². The highest BCUT2D eigenvalue weighted by Gasteiger charge is 2.30. The van der Waals surface area contributed by atoms with Crippen LogP contribution in [0.2, 0.25) is 0 Å². The zero-order valence-electron chi connectivity index (χ0n) is 11.6. The van der Waals surface area contributed by atoms with Crippen molar-refractivity contribution in [1.82, 2.24) is 9.88 Å². The van der Waals surface area contributed by atoms with Crippen molar-refractivity contribution in [1.29, 1.82) is 0 Å². The van der Waals surface area contributed by atoms with Crippen LogP contribution in [-0.4, -0.2) is 52.7 Å². The molecule has 1 atom stereocenters. The number of rotatable bonds is 3. The van der Waals surface area contributed by atoms with Gasteiger partial charge < -0.3 is 14.7 Å². The average molecular weight is 278 g/mol. The predicted octanol–water partition coefficient (Wildman–Crippen LogP) is 1.01. The topological polar surface area (TPSA) is 79.7 Å². The molecule has 0 saturated carbocycles. The van der Waals surface area contributed by atoms with Crippen molar-refractivity contribution < 1.29 is 19.4 Å². The van der Waals surface area contributed by atoms with E-state index in [0.29, 0.717) is 24.4 Å². The van der Waals surface area contributed by atoms with Crippen LogP contribution >= 0.6 is 0 Å². The number of nitrogens with zero attached hydrogens (tertiary/aromatic N) is 2. The van der Waals surface area contributed by atoms with Gasteiger partial charge in [0.25, 0.3) is 5.91 Å². The van der Waals surface area contributed by atoms with E-state index in [9.17, 15) is 9.59 Å². The molecule has 1 saturated heterocycles. The summed E-state index contributed by atoms with van der Waals surface area (Å²) < 4.78 is 5.28. The van der Waals surface area contributed by atoms with Crippen LogP contribution in [0.15, 0.2) is 12.1 Å². The van der Waals surface area contributed by atoms with Crippen LogP contribution in [0.1, 0.15) is 28.2 Å². The maximum absolute atomic E-state index is 12.6. The largest absolute Gasteiger partial charge is 0.481 e. The first-order valence-electron chi connectivity index (χ1n) is 6.54. The third-order valence-corrected chi connectivity index (χ3v) is 3.35. The molecule has 6 nitrogen and oxygen atoms in total. The molecule has 0 aliphatic carbocycles. The summed E-state index contributed by atoms with van der Waals surface area (Å²) in [4.78, 5) is 29.3. The lowest BCUT2D eigenvalue weighted by molar-refractivity contribution is -0.139. The number of aromatic nitrogens is 1. The Kier molecular flexibility index (Phi) is 4.34. The monoisotopic (exact) mass is 278 g/mol. The quantitative estimate of drug-likeness (QED) is 0.892. The molecular formula is C14H18N2O4. The van der Waals surface area contributed by atoms with Crippen molar-refractivity contribution in [2.45, 2.75) is 26.3 Å². The molecule has 108 valence electrons. The second kappa shape index (κ2) is 6.00. The summed E-state index contributed by atoms with van der Waals surface area (Å²) in [5, 5.41) is 8.92. The molecule has 2 heterocycles. The Hall–Kier alpha value is -1.95. The predicted molar refractivity (Wildman–Crippen MR) is 71.6 cm³/mol. The number of pyridine rings is 1. The van der Waals surface area contributed by atoms with Crippen LogP contribution in [0.5, 0.6) is 0 Å². The number of hydrogen-bond acceptors (Lipinski definition) is 4. The molecule has 1 N–H and O–H groups in total. The highest BCUT2D eigenvalue weighted by atomic mass is 16.5. The first-order chi connectivity index (χ1) is 9.49. The lowest BCUT2D eigenvalue weighted by atomic mass is 10.1. The van der Waals surface area contributed by atoms with Gasteiger partial charge in [0.05, 0.1) is 36.9 Å². The van der Waals surface area contributed by atoms with Gasteiger partial charge >= 0.3 is 5.97 Å². The summed E-state index contributed by atoms with van der Waals surface area (Å²) in [6, 6.07) is 3.11. The van der Waals surface area contributed by atoms with Crippen LogP contribution in [0.4, 0.5) is 0 Å². The van der Waals surface area contributed by atoms with Crippen molar-refractivity contribution >= 4 is 11.9 Å². The molecule has 1 aromatic heterocycles. The van der Waals surface area contributed by atoms with Crippen molar-refractivity contribution in [2.75, 3.05) is 19.8 Å². The zero-order chi connectivity index (χ0) is 14.7. The maximum atomic E-state index is 12.6. The molecule has 1 aliphatic heterocycles. The molecular weight excluding hydrogens is 260 g/mol. The smallest absolute Gasteiger partial charge is 0.305 e. The van der Waals surface area contributed by atoms with Crippen LogP contribution in [0, 0.1) is 13.8 Å². The van der Waals surface area contributed by atoms with E-state index in [-0.39, 0.29) is 18.9 Å². The highest BCUT2D eigenvalue weighted by molar-refractivity contribution is 5.95. The average Bonchev–Trinajstić information content (AvgIpc) is 2.38. The lowest BCUT2D eigenvalue weighted by Crippen LogP contribution is -2.49. The third-order valence-electron chi connectivity index (χ3n) is 3.35. The third kappa shape index (κ3) is 3.14. The zero-order valence-corrected chi connectivity index (χ0v) is 11.6. The molecule has 0 aromatic carbocycles. The van der Waals surface area contributed by atoms with Gasteiger partial charge in [0.2, 0.25) is 0 Å². The number of morpholine rings is 1. The van der Waals surface area contributed by atoms with E-state index in [1.54, 1.807) is 24.0 Å². The minimum Gasteiger partial charge on any atom is -0.481 e. The number of amides is 1. The lowest BCUT2D eigenvalue weighted by Gasteiger charge is -2.35. The van der Waals surface area contributed by atoms with E-state index in [2.05, 4.69) is 4.98 Å². The number of hydrogen-bond donors (Lipinski definition) is 1. The van der Waals surface area contributed by atoms with Gasteiger partial charge in [0, 0.05) is 12.2 Å². The number of carbonyl (C=O) groups is 2. The molecule has 1 fully saturated rings. The maximum Gasteiger partial charge on any atom is 0.305 e. The van der Waals surface area contributed by atoms with Crippen molar-refractivity contribution in [2.24, 2.45) is 0 Å². The molecule has 0 bridgehead atoms. The molecule has 20 heavy (non-hydrogen) atoms. The van der Waals surface area contributed by atoms with Gasteiger partial charge in [-0.05, 0) is 26.0 Å². The first-order valence-corrected chi connectivity index (χ1v) is 6.54. The van der Waals surface area contributed by atoms with Crippen molar-refractivity contribution in [3.05, 3.63) is 29.1 Å². The van der Waals surface area contributed by atoms with Gasteiger partial charge in [0.15, 0.2) is 0 Å². The van der Waals surface area contributed by atoms with Crippen molar-refractivity contribution in [3.63, 3.8) is 0 Å². The van der Waals surface area contributed by atoms with E-state index >= 15 is 0 Å². The van der Waals surface area contributed by atoms with E-state index in [4.69, 9.17) is 9.84 Å². The highest BCUT2D eigenvalue weighted by Crippen LogP contribution is 2.17. The minimum absolute atomic E-state index is 0.107. The number of aliphatic carboxylic acids is 1. The van der Waals surface area contributed by atoms with Crippen LogP contribution in [-0.2, 0) is 9.53 Å². The van der Waals surface area contributed by atoms with Gasteiger partial charge in [0.1, 0.15) is 0 Å². The molecule has 1 aromatic rings. The number of carboxylic acids is 1. The Morgan fingerprint density at radius 3 is 2.85 bits per heavy atom. The molecule has 0 radical (unpaired) electrons. The molecule has 2 rings (SSSR count). The van der Waals surface area contributed by atoms with Crippen LogP contribution in [0.25, 0.3) is 0 Å². The van der Waals surface area contributed by atoms with Gasteiger partial charge in [-0.3, -0.25) is 14.6 Å². The molecule has 1 aliphatic rings. The second-order valence-electron chi connectivity index (χ2n) is 4.91. The van der Waals surface area contributed by atoms with Crippen LogP contribution < -0.4 is 0 Å². The van der Waals surface area contributed by atoms with E-state index in [1.807, 2.05) is 6.92 Å². The summed E-state index contributed by atoms with van der Waals surface area (Å²) in [6.45, 7) is 4.75. The van der Waals surface area contributed by atoms with Crippen LogP contribution in [0.3, 0.4) is 0 Å². The fourth-order valence-electron chi connectivity index (χ4n) is 2.36. The fraction of sp³-hybridized carbons (Fsp3) is 0.500. The number of aryl methyl sites for hydroxylation is 2. The molecule has 1 amide bonds. The Bertz CT molecular complexity index is 530. The van der Waals surface area contributed by atoms with Crippen molar-refractivity contribution in [3.8, 4) is 0 Å². The van der Waals surface area contributed by atoms with Gasteiger partial charge in [-0.15, -0.1) is 0 Å². The number of ether oxygens (including phenoxy) is 1. The van der Waals surface area contributed by atoms with Gasteiger partial charge in [-0.1, -0.05) is 0 Å². The number of carbonyl (C=O) groups excluding carboxylic acids is 1. The molecule has 1 unspecified atom stereocenters. The van der Waals surface area contributed by atoms with E-state index in [0.717, 1.165) is 5.69 Å². The Labute approximate surface area is 117 Å². The SMILES string of the molecule is Cc1ccc(C(=O)N2CCOCC2CC(=O)O)c(C)n1. The molecule has 0 spiro atoms. The summed E-state index contributed by atoms with van der Waals surface area (Å²) in [5.41, 5.74) is 2.03. The Balaban J connectivity index is 2.22. The number of carboxylic acid groups (broad SMARTS) is 1. The van der Waals surface area contributed by atoms with Gasteiger partial charge in [-0.2, -0.15) is 0 Å². The summed E-state index contributed by atoms with van der Waals surface area (Å²) >= 11 is 0. The summed E-state index contributed by atoms with van der Waals surface area (Å²) in [5.74, 6) is -1.11. The standard InChI is InChI=1S/C14H18N2O4/c1-9-3-4-12(10(2)15-9)14(19)16-5-6-20-8-11(16)7-13(17)18/h3-4,11H,5-8H2,1-2H3,(H,17,18). The summed E-state index contributed by atoms with van der Waals surface area (Å²) in [6.07, 6.45) is -0.107. The molecule has 6 heteroatoms. The first kappa shape index (κ1) is 14.5. The fourth-order valence-corrected chi connectivity index (χ4v) is 2.36. The van der Waals surface area contributed by atoms with Gasteiger partial charge in [-0.25, -0.2) is 0 Å².